The Morgan fingerprint density at radius 1 is 1.08 bits per heavy atom. The lowest BCUT2D eigenvalue weighted by Gasteiger charge is -2.31. The second kappa shape index (κ2) is 12.4. The topological polar surface area (TPSA) is 95.3 Å². The predicted molar refractivity (Wildman–Crippen MR) is 135 cm³/mol. The highest BCUT2D eigenvalue weighted by Gasteiger charge is 2.19. The van der Waals surface area contributed by atoms with Gasteiger partial charge in [-0.05, 0) is 55.8 Å². The van der Waals surface area contributed by atoms with Crippen LogP contribution in [-0.4, -0.2) is 69.6 Å². The van der Waals surface area contributed by atoms with Crippen LogP contribution in [-0.2, 0) is 11.3 Å². The highest BCUT2D eigenvalue weighted by Crippen LogP contribution is 2.33. The number of nitrogens with one attached hydrogen (secondary N) is 1. The third kappa shape index (κ3) is 6.56. The number of carbonyl (C=O) groups excluding carboxylic acids is 1. The molecule has 0 spiro atoms. The van der Waals surface area contributed by atoms with Crippen molar-refractivity contribution in [3.05, 3.63) is 59.8 Å². The van der Waals surface area contributed by atoms with Gasteiger partial charge in [0, 0.05) is 38.4 Å². The molecular formula is C27H33N3O6. The maximum absolute atomic E-state index is 12.7. The molecule has 0 unspecified atom stereocenters. The van der Waals surface area contributed by atoms with Crippen LogP contribution >= 0.6 is 0 Å². The molecule has 192 valence electrons. The average molecular weight is 496 g/mol. The molecule has 3 aromatic rings. The molecule has 0 saturated carbocycles. The van der Waals surface area contributed by atoms with Crippen molar-refractivity contribution >= 4 is 5.91 Å². The van der Waals surface area contributed by atoms with Gasteiger partial charge in [-0.2, -0.15) is 0 Å². The first-order valence-electron chi connectivity index (χ1n) is 12.0. The van der Waals surface area contributed by atoms with Gasteiger partial charge in [-0.15, -0.1) is 0 Å². The maximum atomic E-state index is 12.7. The Bertz CT molecular complexity index is 1140. The SMILES string of the molecule is COc1ccc(OC)c(-c2cc(C(=O)NCc3cccc(OCCN(C)C4CCOCC4)c3)no2)c1. The van der Waals surface area contributed by atoms with Crippen LogP contribution in [0, 0.1) is 0 Å². The fourth-order valence-electron chi connectivity index (χ4n) is 4.15. The van der Waals surface area contributed by atoms with Crippen LogP contribution < -0.4 is 19.5 Å². The predicted octanol–water partition coefficient (Wildman–Crippen LogP) is 3.78. The standard InChI is InChI=1S/C27H33N3O6/c1-30(20-9-12-34-13-10-20)11-14-35-22-6-4-5-19(15-22)18-28-27(31)24-17-26(36-29-24)23-16-21(32-2)7-8-25(23)33-3/h4-8,15-17,20H,9-14,18H2,1-3H3,(H,28,31). The smallest absolute Gasteiger partial charge is 0.273 e. The monoisotopic (exact) mass is 495 g/mol. The van der Waals surface area contributed by atoms with Gasteiger partial charge in [0.05, 0.1) is 19.8 Å². The Balaban J connectivity index is 1.30. The Morgan fingerprint density at radius 2 is 1.92 bits per heavy atom. The Hall–Kier alpha value is -3.56. The molecule has 1 aliphatic heterocycles. The van der Waals surface area contributed by atoms with E-state index in [9.17, 15) is 4.79 Å². The molecular weight excluding hydrogens is 462 g/mol. The van der Waals surface area contributed by atoms with Crippen LogP contribution in [0.3, 0.4) is 0 Å². The van der Waals surface area contributed by atoms with Crippen LogP contribution in [0.15, 0.2) is 53.1 Å². The van der Waals surface area contributed by atoms with Gasteiger partial charge in [-0.1, -0.05) is 17.3 Å². The maximum Gasteiger partial charge on any atom is 0.273 e. The highest BCUT2D eigenvalue weighted by atomic mass is 16.5. The quantitative estimate of drug-likeness (QED) is 0.430. The van der Waals surface area contributed by atoms with E-state index >= 15 is 0 Å². The molecule has 1 N–H and O–H groups in total. The third-order valence-electron chi connectivity index (χ3n) is 6.29. The third-order valence-corrected chi connectivity index (χ3v) is 6.29. The van der Waals surface area contributed by atoms with Gasteiger partial charge in [0.25, 0.3) is 5.91 Å². The summed E-state index contributed by atoms with van der Waals surface area (Å²) in [6, 6.07) is 15.2. The molecule has 0 atom stereocenters. The number of hydrogen-bond acceptors (Lipinski definition) is 8. The molecule has 9 heteroatoms. The molecule has 0 aliphatic carbocycles. The first-order chi connectivity index (χ1) is 17.6. The molecule has 9 nitrogen and oxygen atoms in total. The van der Waals surface area contributed by atoms with E-state index in [0.29, 0.717) is 42.0 Å². The molecule has 36 heavy (non-hydrogen) atoms. The van der Waals surface area contributed by atoms with Gasteiger partial charge in [-0.3, -0.25) is 9.69 Å². The number of methoxy groups -OCH3 is 2. The Morgan fingerprint density at radius 3 is 2.69 bits per heavy atom. The van der Waals surface area contributed by atoms with Crippen LogP contribution in [0.25, 0.3) is 11.3 Å². The first-order valence-corrected chi connectivity index (χ1v) is 12.0. The van der Waals surface area contributed by atoms with Crippen molar-refractivity contribution in [3.8, 4) is 28.6 Å². The summed E-state index contributed by atoms with van der Waals surface area (Å²) >= 11 is 0. The zero-order valence-electron chi connectivity index (χ0n) is 21.0. The summed E-state index contributed by atoms with van der Waals surface area (Å²) in [5.41, 5.74) is 1.76. The number of amides is 1. The van der Waals surface area contributed by atoms with Crippen LogP contribution in [0.4, 0.5) is 0 Å². The van der Waals surface area contributed by atoms with E-state index in [0.717, 1.165) is 43.9 Å². The minimum atomic E-state index is -0.337. The fraction of sp³-hybridized carbons (Fsp3) is 0.407. The molecule has 1 fully saturated rings. The molecule has 0 radical (unpaired) electrons. The van der Waals surface area contributed by atoms with Gasteiger partial charge in [0.2, 0.25) is 0 Å². The molecule has 0 bridgehead atoms. The lowest BCUT2D eigenvalue weighted by Crippen LogP contribution is -2.38. The molecule has 2 heterocycles. The number of likely N-dealkylation sites (N-methyl/N-ethyl adjacent to an activating group) is 1. The summed E-state index contributed by atoms with van der Waals surface area (Å²) in [6.07, 6.45) is 2.12. The number of nitrogens with zero attached hydrogens (tertiary/aromatic N) is 2. The molecule has 2 aromatic carbocycles. The lowest BCUT2D eigenvalue weighted by molar-refractivity contribution is 0.0392. The minimum absolute atomic E-state index is 0.179. The van der Waals surface area contributed by atoms with Crippen LogP contribution in [0.5, 0.6) is 17.2 Å². The van der Waals surface area contributed by atoms with E-state index in [1.807, 2.05) is 24.3 Å². The van der Waals surface area contributed by atoms with E-state index < -0.39 is 0 Å². The van der Waals surface area contributed by atoms with Gasteiger partial charge < -0.3 is 28.8 Å². The second-order valence-corrected chi connectivity index (χ2v) is 8.65. The second-order valence-electron chi connectivity index (χ2n) is 8.65. The summed E-state index contributed by atoms with van der Waals surface area (Å²) in [4.78, 5) is 15.0. The van der Waals surface area contributed by atoms with Crippen molar-refractivity contribution in [1.82, 2.24) is 15.4 Å². The van der Waals surface area contributed by atoms with E-state index in [2.05, 4.69) is 22.4 Å². The number of aromatic nitrogens is 1. The summed E-state index contributed by atoms with van der Waals surface area (Å²) in [6.45, 7) is 3.43. The Labute approximate surface area is 211 Å². The molecule has 4 rings (SSSR count). The summed E-state index contributed by atoms with van der Waals surface area (Å²) in [7, 11) is 5.28. The van der Waals surface area contributed by atoms with Crippen molar-refractivity contribution in [2.45, 2.75) is 25.4 Å². The number of hydrogen-bond donors (Lipinski definition) is 1. The summed E-state index contributed by atoms with van der Waals surface area (Å²) < 4.78 is 27.5. The van der Waals surface area contributed by atoms with Crippen LogP contribution in [0.2, 0.25) is 0 Å². The molecule has 1 aliphatic rings. The molecule has 1 amide bonds. The number of benzene rings is 2. The van der Waals surface area contributed by atoms with Gasteiger partial charge in [0.1, 0.15) is 23.9 Å². The first kappa shape index (κ1) is 25.5. The van der Waals surface area contributed by atoms with Crippen molar-refractivity contribution in [1.29, 1.82) is 0 Å². The molecule has 1 aromatic heterocycles. The van der Waals surface area contributed by atoms with E-state index in [1.54, 1.807) is 38.5 Å². The minimum Gasteiger partial charge on any atom is -0.497 e. The fourth-order valence-corrected chi connectivity index (χ4v) is 4.15. The highest BCUT2D eigenvalue weighted by molar-refractivity contribution is 5.93. The lowest BCUT2D eigenvalue weighted by atomic mass is 10.1. The summed E-state index contributed by atoms with van der Waals surface area (Å²) in [5, 5.41) is 6.81. The van der Waals surface area contributed by atoms with Crippen molar-refractivity contribution in [2.75, 3.05) is 47.6 Å². The van der Waals surface area contributed by atoms with E-state index in [1.165, 1.54) is 0 Å². The van der Waals surface area contributed by atoms with Crippen molar-refractivity contribution in [3.63, 3.8) is 0 Å². The van der Waals surface area contributed by atoms with Crippen molar-refractivity contribution in [2.24, 2.45) is 0 Å². The van der Waals surface area contributed by atoms with Gasteiger partial charge in [0.15, 0.2) is 11.5 Å². The van der Waals surface area contributed by atoms with Gasteiger partial charge in [-0.25, -0.2) is 0 Å². The molecule has 1 saturated heterocycles. The zero-order valence-corrected chi connectivity index (χ0v) is 21.0. The normalized spacial score (nSPS) is 14.0. The largest absolute Gasteiger partial charge is 0.497 e. The Kier molecular flexibility index (Phi) is 8.80. The van der Waals surface area contributed by atoms with E-state index in [-0.39, 0.29) is 11.6 Å². The van der Waals surface area contributed by atoms with Crippen LogP contribution in [0.1, 0.15) is 28.9 Å². The number of rotatable bonds is 11. The van der Waals surface area contributed by atoms with E-state index in [4.69, 9.17) is 23.5 Å². The number of ether oxygens (including phenoxy) is 4. The summed E-state index contributed by atoms with van der Waals surface area (Å²) in [5.74, 6) is 2.09. The van der Waals surface area contributed by atoms with Gasteiger partial charge >= 0.3 is 0 Å². The zero-order chi connectivity index (χ0) is 25.3. The number of carbonyl (C=O) groups is 1. The average Bonchev–Trinajstić information content (AvgIpc) is 3.42. The van der Waals surface area contributed by atoms with Crippen molar-refractivity contribution < 1.29 is 28.3 Å².